The Balaban J connectivity index is 1.01. The van der Waals surface area contributed by atoms with Gasteiger partial charge >= 0.3 is 0 Å². The molecule has 0 aliphatic carbocycles. The summed E-state index contributed by atoms with van der Waals surface area (Å²) < 4.78 is 15.7. The summed E-state index contributed by atoms with van der Waals surface area (Å²) >= 11 is 0. The van der Waals surface area contributed by atoms with Crippen LogP contribution in [0.4, 0.5) is 0 Å². The molecule has 6 heteroatoms. The molecule has 0 saturated heterocycles. The molecule has 6 nitrogen and oxygen atoms in total. The van der Waals surface area contributed by atoms with Crippen molar-refractivity contribution in [1.29, 1.82) is 0 Å². The van der Waals surface area contributed by atoms with Gasteiger partial charge in [0.15, 0.2) is 5.84 Å². The van der Waals surface area contributed by atoms with E-state index in [1.54, 1.807) is 0 Å². The van der Waals surface area contributed by atoms with E-state index in [1.165, 1.54) is 21.9 Å². The number of furan rings is 2. The predicted octanol–water partition coefficient (Wildman–Crippen LogP) is 12.7. The second-order valence-corrected chi connectivity index (χ2v) is 14.6. The highest BCUT2D eigenvalue weighted by atomic mass is 16.3. The number of hydrogen-bond acceptors (Lipinski definition) is 5. The van der Waals surface area contributed by atoms with Crippen LogP contribution in [0.25, 0.3) is 82.5 Å². The Morgan fingerprint density at radius 2 is 1.14 bits per heavy atom. The third-order valence-electron chi connectivity index (χ3n) is 11.3. The summed E-state index contributed by atoms with van der Waals surface area (Å²) in [5.74, 6) is 1.42. The molecular weight excluding hydrogens is 701 g/mol. The molecule has 4 heterocycles. The van der Waals surface area contributed by atoms with E-state index >= 15 is 0 Å². The average molecular weight is 733 g/mol. The second kappa shape index (κ2) is 12.4. The van der Waals surface area contributed by atoms with Crippen molar-refractivity contribution in [2.24, 2.45) is 9.98 Å². The highest BCUT2D eigenvalue weighted by Crippen LogP contribution is 2.41. The normalized spacial score (nSPS) is 14.5. The van der Waals surface area contributed by atoms with Crippen molar-refractivity contribution in [2.75, 3.05) is 0 Å². The maximum atomic E-state index is 6.73. The predicted molar refractivity (Wildman–Crippen MR) is 233 cm³/mol. The minimum absolute atomic E-state index is 0.306. The van der Waals surface area contributed by atoms with Crippen LogP contribution in [0.15, 0.2) is 201 Å². The quantitative estimate of drug-likeness (QED) is 0.192. The van der Waals surface area contributed by atoms with Crippen LogP contribution in [0.2, 0.25) is 0 Å². The topological polar surface area (TPSA) is 68.0 Å². The maximum Gasteiger partial charge on any atom is 0.160 e. The van der Waals surface area contributed by atoms with Gasteiger partial charge in [0.2, 0.25) is 0 Å². The molecule has 268 valence electrons. The second-order valence-electron chi connectivity index (χ2n) is 14.6. The Morgan fingerprint density at radius 3 is 1.98 bits per heavy atom. The van der Waals surface area contributed by atoms with E-state index in [2.05, 4.69) is 143 Å². The number of rotatable bonds is 5. The lowest BCUT2D eigenvalue weighted by Crippen LogP contribution is -2.33. The first-order valence-corrected chi connectivity index (χ1v) is 19.2. The van der Waals surface area contributed by atoms with E-state index in [-0.39, 0.29) is 6.17 Å². The lowest BCUT2D eigenvalue weighted by Gasteiger charge is -2.23. The van der Waals surface area contributed by atoms with Gasteiger partial charge in [-0.2, -0.15) is 0 Å². The Morgan fingerprint density at radius 1 is 0.456 bits per heavy atom. The summed E-state index contributed by atoms with van der Waals surface area (Å²) in [6, 6.07) is 63.3. The van der Waals surface area contributed by atoms with Crippen molar-refractivity contribution in [3.63, 3.8) is 0 Å². The van der Waals surface area contributed by atoms with Gasteiger partial charge in [0.25, 0.3) is 0 Å². The van der Waals surface area contributed by atoms with Gasteiger partial charge in [-0.05, 0) is 65.2 Å². The summed E-state index contributed by atoms with van der Waals surface area (Å²) in [7, 11) is 0. The number of hydrogen-bond donors (Lipinski definition) is 1. The molecule has 0 bridgehead atoms. The van der Waals surface area contributed by atoms with Crippen LogP contribution in [-0.4, -0.2) is 16.2 Å². The summed E-state index contributed by atoms with van der Waals surface area (Å²) in [5, 5.41) is 9.96. The monoisotopic (exact) mass is 732 g/mol. The van der Waals surface area contributed by atoms with Crippen LogP contribution in [0.5, 0.6) is 0 Å². The standard InChI is InChI=1S/C51H32N4O2/c1-4-13-31(14-5-1)34-23-26-43-39(27-34)36-19-10-11-21-42(36)55(43)35-24-25-37-40-29-47-41(30-46(40)57-45(37)28-35)48-38(20-12-22-44(48)56-47)51-53-49(32-15-6-2-7-16-32)52-50(54-51)33-17-8-3-9-18-33/h1-30,49H,(H,52,53,54). The zero-order valence-electron chi connectivity index (χ0n) is 30.6. The fraction of sp³-hybridized carbons (Fsp3) is 0.0196. The number of aromatic nitrogens is 1. The van der Waals surface area contributed by atoms with Crippen molar-refractivity contribution in [3.8, 4) is 16.8 Å². The molecule has 8 aromatic carbocycles. The van der Waals surface area contributed by atoms with Crippen molar-refractivity contribution in [2.45, 2.75) is 6.17 Å². The van der Waals surface area contributed by atoms with Gasteiger partial charge < -0.3 is 18.7 Å². The first-order valence-electron chi connectivity index (χ1n) is 19.2. The number of nitrogens with one attached hydrogen (secondary N) is 1. The third-order valence-corrected chi connectivity index (χ3v) is 11.3. The molecule has 12 rings (SSSR count). The minimum atomic E-state index is -0.306. The zero-order chi connectivity index (χ0) is 37.5. The first kappa shape index (κ1) is 31.6. The molecule has 1 N–H and O–H groups in total. The number of fused-ring (bicyclic) bond motifs is 9. The number of nitrogens with zero attached hydrogens (tertiary/aromatic N) is 3. The van der Waals surface area contributed by atoms with Gasteiger partial charge in [-0.25, -0.2) is 9.98 Å². The Hall–Kier alpha value is -7.70. The molecule has 1 aliphatic heterocycles. The molecule has 0 spiro atoms. The van der Waals surface area contributed by atoms with Gasteiger partial charge in [-0.3, -0.25) is 0 Å². The van der Waals surface area contributed by atoms with Gasteiger partial charge in [-0.15, -0.1) is 0 Å². The summed E-state index contributed by atoms with van der Waals surface area (Å²) in [6.07, 6.45) is -0.306. The Bertz CT molecular complexity index is 3430. The Labute approximate surface area is 326 Å². The highest BCUT2D eigenvalue weighted by molar-refractivity contribution is 6.24. The van der Waals surface area contributed by atoms with Crippen LogP contribution in [0.3, 0.4) is 0 Å². The molecular formula is C51H32N4O2. The van der Waals surface area contributed by atoms with Gasteiger partial charge in [0.1, 0.15) is 34.3 Å². The summed E-state index contributed by atoms with van der Waals surface area (Å²) in [5.41, 5.74) is 11.9. The number of benzene rings is 8. The van der Waals surface area contributed by atoms with Crippen molar-refractivity contribution < 1.29 is 8.83 Å². The van der Waals surface area contributed by atoms with Crippen molar-refractivity contribution >= 4 is 77.4 Å². The molecule has 57 heavy (non-hydrogen) atoms. The van der Waals surface area contributed by atoms with Gasteiger partial charge in [-0.1, -0.05) is 127 Å². The first-order chi connectivity index (χ1) is 28.2. The van der Waals surface area contributed by atoms with Crippen LogP contribution in [0.1, 0.15) is 22.9 Å². The van der Waals surface area contributed by atoms with E-state index in [4.69, 9.17) is 18.8 Å². The third kappa shape index (κ3) is 5.04. The number of aliphatic imine (C=N–C) groups is 2. The van der Waals surface area contributed by atoms with Crippen molar-refractivity contribution in [3.05, 3.63) is 199 Å². The Kier molecular flexibility index (Phi) is 6.89. The molecule has 0 fully saturated rings. The average Bonchev–Trinajstić information content (AvgIpc) is 3.94. The molecule has 0 amide bonds. The molecule has 1 aliphatic rings. The summed E-state index contributed by atoms with van der Waals surface area (Å²) in [6.45, 7) is 0. The fourth-order valence-corrected chi connectivity index (χ4v) is 8.59. The van der Waals surface area contributed by atoms with E-state index in [0.717, 1.165) is 83.1 Å². The highest BCUT2D eigenvalue weighted by Gasteiger charge is 2.24. The van der Waals surface area contributed by atoms with Crippen LogP contribution >= 0.6 is 0 Å². The molecule has 1 unspecified atom stereocenters. The molecule has 1 atom stereocenters. The summed E-state index contributed by atoms with van der Waals surface area (Å²) in [4.78, 5) is 10.3. The number of para-hydroxylation sites is 1. The molecule has 11 aromatic rings. The van der Waals surface area contributed by atoms with E-state index in [1.807, 2.05) is 48.5 Å². The van der Waals surface area contributed by atoms with E-state index < -0.39 is 0 Å². The lowest BCUT2D eigenvalue weighted by molar-refractivity contribution is 0.663. The van der Waals surface area contributed by atoms with Gasteiger partial charge in [0.05, 0.1) is 11.0 Å². The molecule has 3 aromatic heterocycles. The van der Waals surface area contributed by atoms with E-state index in [0.29, 0.717) is 5.84 Å². The lowest BCUT2D eigenvalue weighted by atomic mass is 10.0. The molecule has 0 saturated carbocycles. The van der Waals surface area contributed by atoms with Crippen LogP contribution < -0.4 is 5.32 Å². The largest absolute Gasteiger partial charge is 0.456 e. The zero-order valence-corrected chi connectivity index (χ0v) is 30.6. The van der Waals surface area contributed by atoms with Crippen LogP contribution in [-0.2, 0) is 0 Å². The van der Waals surface area contributed by atoms with Gasteiger partial charge in [0, 0.05) is 55.2 Å². The minimum Gasteiger partial charge on any atom is -0.456 e. The van der Waals surface area contributed by atoms with E-state index in [9.17, 15) is 0 Å². The smallest absolute Gasteiger partial charge is 0.160 e. The van der Waals surface area contributed by atoms with Crippen LogP contribution in [0, 0.1) is 0 Å². The molecule has 0 radical (unpaired) electrons. The SMILES string of the molecule is c1ccc(C2=NC(c3cccc4oc5cc6c(cc5c34)oc3cc(-n4c5ccccc5c5cc(-c7ccccc7)ccc54)ccc36)=NC(c3ccccc3)N2)cc1. The number of amidine groups is 2. The fourth-order valence-electron chi connectivity index (χ4n) is 8.59. The van der Waals surface area contributed by atoms with Crippen molar-refractivity contribution in [1.82, 2.24) is 9.88 Å². The maximum absolute atomic E-state index is 6.73.